The summed E-state index contributed by atoms with van der Waals surface area (Å²) in [6.07, 6.45) is 1.16. The van der Waals surface area contributed by atoms with Crippen LogP contribution in [0.4, 0.5) is 0 Å². The molecule has 22 heavy (non-hydrogen) atoms. The zero-order valence-electron chi connectivity index (χ0n) is 12.9. The first-order chi connectivity index (χ1) is 10.1. The van der Waals surface area contributed by atoms with Crippen LogP contribution in [-0.2, 0) is 22.5 Å². The predicted octanol–water partition coefficient (Wildman–Crippen LogP) is 0.796. The molecule has 124 valence electrons. The number of amides is 1. The van der Waals surface area contributed by atoms with Crippen LogP contribution in [0.2, 0.25) is 0 Å². The summed E-state index contributed by atoms with van der Waals surface area (Å²) in [5.41, 5.74) is 2.41. The van der Waals surface area contributed by atoms with Crippen LogP contribution in [0, 0.1) is 5.92 Å². The van der Waals surface area contributed by atoms with Crippen LogP contribution >= 0.6 is 12.4 Å². The number of hydrogen-bond acceptors (Lipinski definition) is 5. The van der Waals surface area contributed by atoms with Gasteiger partial charge in [-0.25, -0.2) is 0 Å². The van der Waals surface area contributed by atoms with Crippen LogP contribution in [0.5, 0.6) is 0 Å². The molecule has 0 saturated heterocycles. The molecule has 0 fully saturated rings. The normalized spacial score (nSPS) is 14.5. The van der Waals surface area contributed by atoms with Crippen molar-refractivity contribution in [2.45, 2.75) is 33.2 Å². The molecule has 2 rings (SSSR count). The third kappa shape index (κ3) is 4.71. The lowest BCUT2D eigenvalue weighted by Crippen LogP contribution is -2.31. The summed E-state index contributed by atoms with van der Waals surface area (Å²) in [4.78, 5) is 23.5. The Bertz CT molecular complexity index is 518. The van der Waals surface area contributed by atoms with Gasteiger partial charge in [0.15, 0.2) is 5.69 Å². The van der Waals surface area contributed by atoms with E-state index in [0.29, 0.717) is 31.8 Å². The maximum atomic E-state index is 12.2. The highest BCUT2D eigenvalue weighted by molar-refractivity contribution is 5.94. The highest BCUT2D eigenvalue weighted by Gasteiger charge is 2.21. The van der Waals surface area contributed by atoms with Crippen molar-refractivity contribution < 1.29 is 14.3 Å². The standard InChI is InChI=1S/C14H22N4O3.ClH/c1-3-21-12(19)6-9(2)7-16-14(20)13-10-8-15-5-4-11(10)17-18-13;/h9,15H,3-8H2,1-2H3,(H,16,20)(H,17,18);1H. The van der Waals surface area contributed by atoms with E-state index in [1.807, 2.05) is 6.92 Å². The molecule has 1 amide bonds. The summed E-state index contributed by atoms with van der Waals surface area (Å²) in [6, 6.07) is 0. The molecule has 0 spiro atoms. The summed E-state index contributed by atoms with van der Waals surface area (Å²) in [6.45, 7) is 6.04. The number of aromatic nitrogens is 2. The van der Waals surface area contributed by atoms with Crippen LogP contribution in [0.3, 0.4) is 0 Å². The molecule has 1 aromatic rings. The van der Waals surface area contributed by atoms with Crippen LogP contribution in [-0.4, -0.2) is 41.8 Å². The third-order valence-electron chi connectivity index (χ3n) is 3.45. The Morgan fingerprint density at radius 1 is 1.45 bits per heavy atom. The molecule has 0 bridgehead atoms. The number of hydrogen-bond donors (Lipinski definition) is 3. The molecule has 1 aliphatic heterocycles. The molecule has 3 N–H and O–H groups in total. The van der Waals surface area contributed by atoms with E-state index < -0.39 is 0 Å². The Morgan fingerprint density at radius 2 is 2.23 bits per heavy atom. The van der Waals surface area contributed by atoms with Gasteiger partial charge in [-0.15, -0.1) is 12.4 Å². The average molecular weight is 331 g/mol. The van der Waals surface area contributed by atoms with Gasteiger partial charge in [-0.05, 0) is 12.8 Å². The summed E-state index contributed by atoms with van der Waals surface area (Å²) in [7, 11) is 0. The number of esters is 1. The Kier molecular flexibility index (Phi) is 7.34. The number of carbonyl (C=O) groups excluding carboxylic acids is 2. The van der Waals surface area contributed by atoms with Crippen molar-refractivity contribution in [3.8, 4) is 0 Å². The topological polar surface area (TPSA) is 96.1 Å². The van der Waals surface area contributed by atoms with E-state index in [-0.39, 0.29) is 30.2 Å². The first kappa shape index (κ1) is 18.4. The minimum Gasteiger partial charge on any atom is -0.466 e. The molecular formula is C14H23ClN4O3. The van der Waals surface area contributed by atoms with E-state index in [9.17, 15) is 9.59 Å². The molecular weight excluding hydrogens is 308 g/mol. The first-order valence-electron chi connectivity index (χ1n) is 7.32. The van der Waals surface area contributed by atoms with Gasteiger partial charge in [-0.1, -0.05) is 6.92 Å². The third-order valence-corrected chi connectivity index (χ3v) is 3.45. The van der Waals surface area contributed by atoms with Crippen molar-refractivity contribution in [3.05, 3.63) is 17.0 Å². The molecule has 1 atom stereocenters. The summed E-state index contributed by atoms with van der Waals surface area (Å²) in [5.74, 6) is -0.409. The molecule has 1 aliphatic rings. The summed E-state index contributed by atoms with van der Waals surface area (Å²) in [5, 5.41) is 13.1. The van der Waals surface area contributed by atoms with E-state index >= 15 is 0 Å². The average Bonchev–Trinajstić information content (AvgIpc) is 2.89. The number of fused-ring (bicyclic) bond motifs is 1. The van der Waals surface area contributed by atoms with Gasteiger partial charge in [-0.3, -0.25) is 14.7 Å². The van der Waals surface area contributed by atoms with Gasteiger partial charge < -0.3 is 15.4 Å². The number of carbonyl (C=O) groups is 2. The quantitative estimate of drug-likeness (QED) is 0.670. The Morgan fingerprint density at radius 3 is 2.95 bits per heavy atom. The van der Waals surface area contributed by atoms with Crippen molar-refractivity contribution in [1.82, 2.24) is 20.8 Å². The van der Waals surface area contributed by atoms with Crippen LogP contribution < -0.4 is 10.6 Å². The zero-order chi connectivity index (χ0) is 15.2. The summed E-state index contributed by atoms with van der Waals surface area (Å²) < 4.78 is 4.89. The number of rotatable bonds is 6. The predicted molar refractivity (Wildman–Crippen MR) is 84.0 cm³/mol. The highest BCUT2D eigenvalue weighted by Crippen LogP contribution is 2.15. The molecule has 0 saturated carbocycles. The van der Waals surface area contributed by atoms with Gasteiger partial charge in [-0.2, -0.15) is 5.10 Å². The summed E-state index contributed by atoms with van der Waals surface area (Å²) >= 11 is 0. The molecule has 1 aromatic heterocycles. The number of nitrogens with one attached hydrogen (secondary N) is 3. The Hall–Kier alpha value is -1.60. The van der Waals surface area contributed by atoms with Crippen LogP contribution in [0.15, 0.2) is 0 Å². The van der Waals surface area contributed by atoms with E-state index in [2.05, 4.69) is 20.8 Å². The molecule has 2 heterocycles. The zero-order valence-corrected chi connectivity index (χ0v) is 13.7. The van der Waals surface area contributed by atoms with Gasteiger partial charge in [0.05, 0.1) is 6.61 Å². The number of halogens is 1. The van der Waals surface area contributed by atoms with Gasteiger partial charge in [0.2, 0.25) is 0 Å². The van der Waals surface area contributed by atoms with E-state index in [1.54, 1.807) is 6.92 Å². The minimum absolute atomic E-state index is 0. The molecule has 0 aliphatic carbocycles. The van der Waals surface area contributed by atoms with Gasteiger partial charge in [0, 0.05) is 43.7 Å². The lowest BCUT2D eigenvalue weighted by molar-refractivity contribution is -0.144. The second kappa shape index (κ2) is 8.75. The lowest BCUT2D eigenvalue weighted by atomic mass is 10.1. The van der Waals surface area contributed by atoms with E-state index in [4.69, 9.17) is 4.74 Å². The van der Waals surface area contributed by atoms with E-state index in [0.717, 1.165) is 24.2 Å². The second-order valence-corrected chi connectivity index (χ2v) is 5.28. The van der Waals surface area contributed by atoms with Crippen molar-refractivity contribution >= 4 is 24.3 Å². The monoisotopic (exact) mass is 330 g/mol. The van der Waals surface area contributed by atoms with Crippen molar-refractivity contribution in [3.63, 3.8) is 0 Å². The minimum atomic E-state index is -0.236. The van der Waals surface area contributed by atoms with Crippen LogP contribution in [0.25, 0.3) is 0 Å². The molecule has 8 heteroatoms. The maximum Gasteiger partial charge on any atom is 0.306 e. The van der Waals surface area contributed by atoms with Gasteiger partial charge in [0.25, 0.3) is 5.91 Å². The number of ether oxygens (including phenoxy) is 1. The molecule has 0 radical (unpaired) electrons. The Labute approximate surface area is 136 Å². The fourth-order valence-electron chi connectivity index (χ4n) is 2.34. The smallest absolute Gasteiger partial charge is 0.306 e. The largest absolute Gasteiger partial charge is 0.466 e. The van der Waals surface area contributed by atoms with Crippen LogP contribution in [0.1, 0.15) is 42.0 Å². The molecule has 1 unspecified atom stereocenters. The number of H-pyrrole nitrogens is 1. The molecule has 0 aromatic carbocycles. The fourth-order valence-corrected chi connectivity index (χ4v) is 2.34. The molecule has 7 nitrogen and oxygen atoms in total. The number of nitrogens with zero attached hydrogens (tertiary/aromatic N) is 1. The highest BCUT2D eigenvalue weighted by atomic mass is 35.5. The van der Waals surface area contributed by atoms with Crippen molar-refractivity contribution in [2.24, 2.45) is 5.92 Å². The Balaban J connectivity index is 0.00000242. The SMILES string of the molecule is CCOC(=O)CC(C)CNC(=O)c1n[nH]c2c1CNCC2.Cl. The van der Waals surface area contributed by atoms with Gasteiger partial charge in [0.1, 0.15) is 0 Å². The number of aromatic amines is 1. The first-order valence-corrected chi connectivity index (χ1v) is 7.32. The fraction of sp³-hybridized carbons (Fsp3) is 0.643. The lowest BCUT2D eigenvalue weighted by Gasteiger charge is -2.14. The van der Waals surface area contributed by atoms with Gasteiger partial charge >= 0.3 is 5.97 Å². The van der Waals surface area contributed by atoms with Crippen molar-refractivity contribution in [2.75, 3.05) is 19.7 Å². The maximum absolute atomic E-state index is 12.2. The van der Waals surface area contributed by atoms with Crippen molar-refractivity contribution in [1.29, 1.82) is 0 Å². The van der Waals surface area contributed by atoms with E-state index in [1.165, 1.54) is 0 Å². The second-order valence-electron chi connectivity index (χ2n) is 5.28.